The summed E-state index contributed by atoms with van der Waals surface area (Å²) in [6, 6.07) is 7.32. The van der Waals surface area contributed by atoms with Crippen molar-refractivity contribution in [1.29, 1.82) is 0 Å². The summed E-state index contributed by atoms with van der Waals surface area (Å²) in [5.74, 6) is 0. The molecule has 0 N–H and O–H groups in total. The van der Waals surface area contributed by atoms with Crippen LogP contribution in [0.3, 0.4) is 0 Å². The van der Waals surface area contributed by atoms with Crippen LogP contribution < -0.4 is 0 Å². The first-order valence-corrected chi connectivity index (χ1v) is 11.6. The molecule has 1 amide bonds. The molecule has 2 atom stereocenters. The molecular weight excluding hydrogens is 512 g/mol. The van der Waals surface area contributed by atoms with Crippen LogP contribution in [-0.2, 0) is 28.4 Å². The topological polar surface area (TPSA) is 38.8 Å². The number of benzene rings is 2. The van der Waals surface area contributed by atoms with Crippen molar-refractivity contribution in [2.45, 2.75) is 70.3 Å². The van der Waals surface area contributed by atoms with Gasteiger partial charge >= 0.3 is 18.4 Å². The van der Waals surface area contributed by atoms with Crippen molar-refractivity contribution in [3.8, 4) is 0 Å². The highest BCUT2D eigenvalue weighted by atomic mass is 35.5. The second kappa shape index (κ2) is 10.5. The second-order valence-corrected chi connectivity index (χ2v) is 10.0. The highest BCUT2D eigenvalue weighted by Gasteiger charge is 2.40. The number of nitrogens with zero attached hydrogens (tertiary/aromatic N) is 1. The molecule has 0 bridgehead atoms. The Balaban J connectivity index is 1.93. The number of carbonyl (C=O) groups is 1. The maximum Gasteiger partial charge on any atom is 0.416 e. The SMILES string of the molecule is CC(C)(C)OC(=O)N1CCC[C@H](OCc2cc(C(F)(F)F)cc(C(F)(F)F)c2)[C@@H]1c1cccc(Cl)c1. The number of carbonyl (C=O) groups excluding carboxylic acids is 1. The van der Waals surface area contributed by atoms with Crippen LogP contribution in [0, 0.1) is 0 Å². The number of alkyl halides is 6. The van der Waals surface area contributed by atoms with Crippen LogP contribution in [0.1, 0.15) is 61.9 Å². The van der Waals surface area contributed by atoms with E-state index in [0.717, 1.165) is 0 Å². The van der Waals surface area contributed by atoms with E-state index in [1.54, 1.807) is 45.0 Å². The lowest BCUT2D eigenvalue weighted by atomic mass is 9.92. The second-order valence-electron chi connectivity index (χ2n) is 9.58. The molecule has 3 rings (SSSR count). The minimum atomic E-state index is -4.96. The Morgan fingerprint density at radius 1 is 1.00 bits per heavy atom. The predicted octanol–water partition coefficient (Wildman–Crippen LogP) is 8.04. The lowest BCUT2D eigenvalue weighted by Crippen LogP contribution is -2.47. The van der Waals surface area contributed by atoms with Crippen molar-refractivity contribution >= 4 is 17.7 Å². The van der Waals surface area contributed by atoms with Crippen LogP contribution >= 0.6 is 11.6 Å². The highest BCUT2D eigenvalue weighted by Crippen LogP contribution is 2.38. The fourth-order valence-corrected chi connectivity index (χ4v) is 4.25. The van der Waals surface area contributed by atoms with Crippen LogP contribution in [0.15, 0.2) is 42.5 Å². The average Bonchev–Trinajstić information content (AvgIpc) is 2.75. The number of amides is 1. The van der Waals surface area contributed by atoms with Crippen molar-refractivity contribution < 1.29 is 40.6 Å². The number of piperidine rings is 1. The molecule has 1 fully saturated rings. The largest absolute Gasteiger partial charge is 0.444 e. The molecule has 0 spiro atoms. The van der Waals surface area contributed by atoms with Crippen LogP contribution in [0.25, 0.3) is 0 Å². The molecule has 4 nitrogen and oxygen atoms in total. The van der Waals surface area contributed by atoms with E-state index in [1.807, 2.05) is 0 Å². The molecular formula is C25H26ClF6NO3. The molecule has 2 aromatic rings. The zero-order chi connectivity index (χ0) is 26.9. The summed E-state index contributed by atoms with van der Waals surface area (Å²) in [5.41, 5.74) is -3.28. The van der Waals surface area contributed by atoms with Gasteiger partial charge in [-0.15, -0.1) is 0 Å². The minimum absolute atomic E-state index is 0.0725. The van der Waals surface area contributed by atoms with Gasteiger partial charge in [0, 0.05) is 11.6 Å². The van der Waals surface area contributed by atoms with Crippen molar-refractivity contribution in [1.82, 2.24) is 4.90 Å². The Morgan fingerprint density at radius 2 is 1.61 bits per heavy atom. The third kappa shape index (κ3) is 7.29. The van der Waals surface area contributed by atoms with E-state index in [2.05, 4.69) is 0 Å². The molecule has 1 aliphatic rings. The molecule has 0 aromatic heterocycles. The van der Waals surface area contributed by atoms with Crippen LogP contribution in [0.2, 0.25) is 5.02 Å². The van der Waals surface area contributed by atoms with Gasteiger partial charge in [-0.3, -0.25) is 4.90 Å². The Bertz CT molecular complexity index is 1050. The summed E-state index contributed by atoms with van der Waals surface area (Å²) in [4.78, 5) is 14.4. The number of hydrogen-bond donors (Lipinski definition) is 0. The van der Waals surface area contributed by atoms with Gasteiger partial charge in [-0.1, -0.05) is 23.7 Å². The van der Waals surface area contributed by atoms with E-state index in [0.29, 0.717) is 42.1 Å². The first-order chi connectivity index (χ1) is 16.5. The van der Waals surface area contributed by atoms with E-state index in [1.165, 1.54) is 4.90 Å². The van der Waals surface area contributed by atoms with Crippen molar-refractivity contribution in [3.63, 3.8) is 0 Å². The first-order valence-electron chi connectivity index (χ1n) is 11.2. The molecule has 2 aromatic carbocycles. The molecule has 0 radical (unpaired) electrons. The van der Waals surface area contributed by atoms with Gasteiger partial charge in [0.1, 0.15) is 5.60 Å². The van der Waals surface area contributed by atoms with Crippen molar-refractivity contribution in [3.05, 3.63) is 69.7 Å². The Kier molecular flexibility index (Phi) is 8.20. The number of likely N-dealkylation sites (tertiary alicyclic amines) is 1. The fraction of sp³-hybridized carbons (Fsp3) is 0.480. The van der Waals surface area contributed by atoms with Gasteiger partial charge in [-0.25, -0.2) is 4.79 Å². The highest BCUT2D eigenvalue weighted by molar-refractivity contribution is 6.30. The van der Waals surface area contributed by atoms with Gasteiger partial charge in [0.15, 0.2) is 0 Å². The number of hydrogen-bond acceptors (Lipinski definition) is 3. The molecule has 36 heavy (non-hydrogen) atoms. The number of rotatable bonds is 4. The van der Waals surface area contributed by atoms with E-state index >= 15 is 0 Å². The predicted molar refractivity (Wildman–Crippen MR) is 121 cm³/mol. The quantitative estimate of drug-likeness (QED) is 0.371. The summed E-state index contributed by atoms with van der Waals surface area (Å²) in [6.45, 7) is 4.94. The molecule has 1 heterocycles. The van der Waals surface area contributed by atoms with Gasteiger partial charge in [-0.2, -0.15) is 26.3 Å². The monoisotopic (exact) mass is 537 g/mol. The van der Waals surface area contributed by atoms with Gasteiger partial charge in [0.2, 0.25) is 0 Å². The Labute approximate surface area is 210 Å². The fourth-order valence-electron chi connectivity index (χ4n) is 4.05. The molecule has 0 saturated carbocycles. The maximum atomic E-state index is 13.2. The molecule has 198 valence electrons. The maximum absolute atomic E-state index is 13.2. The van der Waals surface area contributed by atoms with Crippen LogP contribution in [-0.4, -0.2) is 29.2 Å². The van der Waals surface area contributed by atoms with E-state index in [9.17, 15) is 31.1 Å². The zero-order valence-corrected chi connectivity index (χ0v) is 20.6. The summed E-state index contributed by atoms with van der Waals surface area (Å²) in [5, 5.41) is 0.397. The summed E-state index contributed by atoms with van der Waals surface area (Å²) in [6.07, 6.45) is -10.3. The van der Waals surface area contributed by atoms with Gasteiger partial charge in [0.25, 0.3) is 0 Å². The van der Waals surface area contributed by atoms with Gasteiger partial charge in [-0.05, 0) is 75.1 Å². The lowest BCUT2D eigenvalue weighted by Gasteiger charge is -2.41. The van der Waals surface area contributed by atoms with E-state index < -0.39 is 53.9 Å². The summed E-state index contributed by atoms with van der Waals surface area (Å²) < 4.78 is 90.9. The molecule has 11 heteroatoms. The summed E-state index contributed by atoms with van der Waals surface area (Å²) in [7, 11) is 0. The first kappa shape index (κ1) is 28.1. The van der Waals surface area contributed by atoms with E-state index in [-0.39, 0.29) is 11.6 Å². The molecule has 0 unspecified atom stereocenters. The molecule has 1 aliphatic heterocycles. The number of halogens is 7. The standard InChI is InChI=1S/C25H26ClF6NO3/c1-23(2,3)36-22(34)33-9-5-8-20(21(33)16-6-4-7-19(26)12-16)35-14-15-10-17(24(27,28)29)13-18(11-15)25(30,31)32/h4,6-7,10-13,20-21H,5,8-9,14H2,1-3H3/t20-,21-/m0/s1. The van der Waals surface area contributed by atoms with Gasteiger partial charge < -0.3 is 9.47 Å². The Morgan fingerprint density at radius 3 is 2.14 bits per heavy atom. The molecule has 1 saturated heterocycles. The average molecular weight is 538 g/mol. The number of ether oxygens (including phenoxy) is 2. The van der Waals surface area contributed by atoms with Crippen molar-refractivity contribution in [2.75, 3.05) is 6.54 Å². The third-order valence-corrected chi connectivity index (χ3v) is 5.74. The van der Waals surface area contributed by atoms with Crippen LogP contribution in [0.4, 0.5) is 31.1 Å². The van der Waals surface area contributed by atoms with Gasteiger partial charge in [0.05, 0.1) is 29.9 Å². The third-order valence-electron chi connectivity index (χ3n) is 5.51. The van der Waals surface area contributed by atoms with E-state index in [4.69, 9.17) is 21.1 Å². The van der Waals surface area contributed by atoms with Crippen molar-refractivity contribution in [2.24, 2.45) is 0 Å². The lowest BCUT2D eigenvalue weighted by molar-refractivity contribution is -0.143. The smallest absolute Gasteiger partial charge is 0.416 e. The Hall–Kier alpha value is -2.46. The minimum Gasteiger partial charge on any atom is -0.444 e. The normalized spacial score (nSPS) is 19.3. The van der Waals surface area contributed by atoms with Crippen LogP contribution in [0.5, 0.6) is 0 Å². The summed E-state index contributed by atoms with van der Waals surface area (Å²) >= 11 is 6.15. The zero-order valence-electron chi connectivity index (χ0n) is 19.8. The molecule has 0 aliphatic carbocycles.